The number of nitrogens with zero attached hydrogens (tertiary/aromatic N) is 1. The van der Waals surface area contributed by atoms with E-state index in [2.05, 4.69) is 36.3 Å². The summed E-state index contributed by atoms with van der Waals surface area (Å²) < 4.78 is 0. The second-order valence-corrected chi connectivity index (χ2v) is 5.07. The van der Waals surface area contributed by atoms with Gasteiger partial charge in [-0.15, -0.1) is 0 Å². The van der Waals surface area contributed by atoms with E-state index in [1.807, 2.05) is 0 Å². The first-order valence-electron chi connectivity index (χ1n) is 6.87. The number of amides is 1. The maximum absolute atomic E-state index is 11.5. The molecule has 0 bridgehead atoms. The molecule has 0 aromatic carbocycles. The lowest BCUT2D eigenvalue weighted by atomic mass is 10.3. The van der Waals surface area contributed by atoms with Crippen molar-refractivity contribution in [2.45, 2.75) is 52.1 Å². The molecule has 1 aliphatic rings. The Balaban J connectivity index is 1.99. The van der Waals surface area contributed by atoms with Crippen LogP contribution in [0.4, 0.5) is 0 Å². The number of hydrogen-bond donors (Lipinski definition) is 2. The molecule has 0 heterocycles. The zero-order valence-corrected chi connectivity index (χ0v) is 11.5. The first-order chi connectivity index (χ1) is 8.13. The zero-order valence-electron chi connectivity index (χ0n) is 11.5. The quantitative estimate of drug-likeness (QED) is 0.632. The molecular formula is C13H27N3O. The normalized spacial score (nSPS) is 15.6. The van der Waals surface area contributed by atoms with E-state index in [-0.39, 0.29) is 5.91 Å². The van der Waals surface area contributed by atoms with Gasteiger partial charge in [0.1, 0.15) is 0 Å². The molecule has 0 atom stereocenters. The van der Waals surface area contributed by atoms with Crippen LogP contribution in [0.2, 0.25) is 0 Å². The summed E-state index contributed by atoms with van der Waals surface area (Å²) >= 11 is 0. The predicted molar refractivity (Wildman–Crippen MR) is 71.0 cm³/mol. The van der Waals surface area contributed by atoms with Gasteiger partial charge in [0.05, 0.1) is 0 Å². The largest absolute Gasteiger partial charge is 0.355 e. The molecule has 0 radical (unpaired) electrons. The Morgan fingerprint density at radius 3 is 2.59 bits per heavy atom. The van der Waals surface area contributed by atoms with Gasteiger partial charge in [0.25, 0.3) is 0 Å². The lowest BCUT2D eigenvalue weighted by Gasteiger charge is -2.19. The Kier molecular flexibility index (Phi) is 6.52. The van der Waals surface area contributed by atoms with Gasteiger partial charge in [-0.2, -0.15) is 0 Å². The van der Waals surface area contributed by atoms with Gasteiger partial charge >= 0.3 is 0 Å². The van der Waals surface area contributed by atoms with Gasteiger partial charge in [-0.25, -0.2) is 0 Å². The summed E-state index contributed by atoms with van der Waals surface area (Å²) in [6.07, 6.45) is 3.24. The second kappa shape index (κ2) is 7.67. The average Bonchev–Trinajstić information content (AvgIpc) is 3.08. The number of hydrogen-bond acceptors (Lipinski definition) is 3. The molecule has 1 amide bonds. The van der Waals surface area contributed by atoms with Gasteiger partial charge in [0, 0.05) is 38.1 Å². The van der Waals surface area contributed by atoms with Gasteiger partial charge < -0.3 is 10.6 Å². The van der Waals surface area contributed by atoms with Gasteiger partial charge in [-0.1, -0.05) is 20.8 Å². The summed E-state index contributed by atoms with van der Waals surface area (Å²) in [6.45, 7) is 10.0. The van der Waals surface area contributed by atoms with Crippen LogP contribution in [0.25, 0.3) is 0 Å². The van der Waals surface area contributed by atoms with E-state index in [0.717, 1.165) is 32.2 Å². The number of likely N-dealkylation sites (N-methyl/N-ethyl adjacent to an activating group) is 1. The highest BCUT2D eigenvalue weighted by molar-refractivity contribution is 5.76. The second-order valence-electron chi connectivity index (χ2n) is 5.07. The van der Waals surface area contributed by atoms with Crippen LogP contribution in [0.15, 0.2) is 0 Å². The molecule has 1 fully saturated rings. The molecule has 4 heteroatoms. The Hall–Kier alpha value is -0.610. The first-order valence-corrected chi connectivity index (χ1v) is 6.87. The predicted octanol–water partition coefficient (Wildman–Crippen LogP) is 0.975. The number of carbonyl (C=O) groups excluding carboxylic acids is 1. The summed E-state index contributed by atoms with van der Waals surface area (Å²) in [5, 5.41) is 6.23. The number of rotatable bonds is 9. The van der Waals surface area contributed by atoms with Crippen LogP contribution < -0.4 is 10.6 Å². The fourth-order valence-corrected chi connectivity index (χ4v) is 1.94. The van der Waals surface area contributed by atoms with E-state index in [0.29, 0.717) is 12.5 Å². The Morgan fingerprint density at radius 1 is 1.35 bits per heavy atom. The van der Waals surface area contributed by atoms with Gasteiger partial charge in [0.15, 0.2) is 0 Å². The molecular weight excluding hydrogens is 214 g/mol. The highest BCUT2D eigenvalue weighted by Crippen LogP contribution is 2.25. The Labute approximate surface area is 105 Å². The molecule has 1 rings (SSSR count). The minimum absolute atomic E-state index is 0.157. The Morgan fingerprint density at radius 2 is 2.06 bits per heavy atom. The standard InChI is InChI=1S/C13H27N3O/c1-4-16(12-5-6-12)10-9-15-13(17)7-8-14-11(2)3/h11-12,14H,4-10H2,1-3H3,(H,15,17). The van der Waals surface area contributed by atoms with Crippen LogP contribution in [0.3, 0.4) is 0 Å². The van der Waals surface area contributed by atoms with E-state index >= 15 is 0 Å². The molecule has 4 nitrogen and oxygen atoms in total. The summed E-state index contributed by atoms with van der Waals surface area (Å²) in [5.41, 5.74) is 0. The van der Waals surface area contributed by atoms with Crippen LogP contribution in [-0.2, 0) is 4.79 Å². The molecule has 2 N–H and O–H groups in total. The summed E-state index contributed by atoms with van der Waals surface area (Å²) in [7, 11) is 0. The molecule has 0 aliphatic heterocycles. The van der Waals surface area contributed by atoms with Crippen molar-refractivity contribution >= 4 is 5.91 Å². The van der Waals surface area contributed by atoms with E-state index < -0.39 is 0 Å². The van der Waals surface area contributed by atoms with Crippen molar-refractivity contribution in [3.63, 3.8) is 0 Å². The van der Waals surface area contributed by atoms with Crippen molar-refractivity contribution in [3.8, 4) is 0 Å². The van der Waals surface area contributed by atoms with Crippen LogP contribution in [0, 0.1) is 0 Å². The number of carbonyl (C=O) groups is 1. The first kappa shape index (κ1) is 14.5. The van der Waals surface area contributed by atoms with E-state index in [1.54, 1.807) is 0 Å². The molecule has 1 saturated carbocycles. The third kappa shape index (κ3) is 6.64. The molecule has 0 aromatic rings. The molecule has 0 saturated heterocycles. The number of nitrogens with one attached hydrogen (secondary N) is 2. The highest BCUT2D eigenvalue weighted by Gasteiger charge is 2.27. The van der Waals surface area contributed by atoms with Crippen molar-refractivity contribution in [2.24, 2.45) is 0 Å². The smallest absolute Gasteiger partial charge is 0.221 e. The van der Waals surface area contributed by atoms with Crippen LogP contribution in [-0.4, -0.2) is 49.1 Å². The minimum atomic E-state index is 0.157. The fourth-order valence-electron chi connectivity index (χ4n) is 1.94. The third-order valence-corrected chi connectivity index (χ3v) is 3.10. The molecule has 0 aromatic heterocycles. The minimum Gasteiger partial charge on any atom is -0.355 e. The monoisotopic (exact) mass is 241 g/mol. The summed E-state index contributed by atoms with van der Waals surface area (Å²) in [5.74, 6) is 0.157. The highest BCUT2D eigenvalue weighted by atomic mass is 16.1. The molecule has 17 heavy (non-hydrogen) atoms. The van der Waals surface area contributed by atoms with Crippen LogP contribution in [0.5, 0.6) is 0 Å². The van der Waals surface area contributed by atoms with Crippen LogP contribution in [0.1, 0.15) is 40.0 Å². The van der Waals surface area contributed by atoms with Crippen LogP contribution >= 0.6 is 0 Å². The molecule has 100 valence electrons. The van der Waals surface area contributed by atoms with E-state index in [4.69, 9.17) is 0 Å². The van der Waals surface area contributed by atoms with Crippen molar-refractivity contribution < 1.29 is 4.79 Å². The van der Waals surface area contributed by atoms with Gasteiger partial charge in [-0.05, 0) is 19.4 Å². The van der Waals surface area contributed by atoms with Crippen molar-refractivity contribution in [3.05, 3.63) is 0 Å². The lowest BCUT2D eigenvalue weighted by Crippen LogP contribution is -2.37. The third-order valence-electron chi connectivity index (χ3n) is 3.10. The Bertz CT molecular complexity index is 227. The average molecular weight is 241 g/mol. The molecule has 0 spiro atoms. The molecule has 0 unspecified atom stereocenters. The topological polar surface area (TPSA) is 44.4 Å². The SMILES string of the molecule is CCN(CCNC(=O)CCNC(C)C)C1CC1. The van der Waals surface area contributed by atoms with E-state index in [9.17, 15) is 4.79 Å². The fraction of sp³-hybridized carbons (Fsp3) is 0.923. The summed E-state index contributed by atoms with van der Waals surface area (Å²) in [4.78, 5) is 14.0. The maximum atomic E-state index is 11.5. The molecule has 1 aliphatic carbocycles. The lowest BCUT2D eigenvalue weighted by molar-refractivity contribution is -0.121. The maximum Gasteiger partial charge on any atom is 0.221 e. The summed E-state index contributed by atoms with van der Waals surface area (Å²) in [6, 6.07) is 1.24. The zero-order chi connectivity index (χ0) is 12.7. The van der Waals surface area contributed by atoms with E-state index in [1.165, 1.54) is 12.8 Å². The van der Waals surface area contributed by atoms with Gasteiger partial charge in [0.2, 0.25) is 5.91 Å². The van der Waals surface area contributed by atoms with Crippen molar-refractivity contribution in [1.82, 2.24) is 15.5 Å². The van der Waals surface area contributed by atoms with Crippen molar-refractivity contribution in [2.75, 3.05) is 26.2 Å². The van der Waals surface area contributed by atoms with Gasteiger partial charge in [-0.3, -0.25) is 9.69 Å². The van der Waals surface area contributed by atoms with Crippen molar-refractivity contribution in [1.29, 1.82) is 0 Å².